The maximum atomic E-state index is 9.63. The molecule has 2 unspecified atom stereocenters. The van der Waals surface area contributed by atoms with Crippen LogP contribution in [0, 0.1) is 0 Å². The molecule has 0 saturated carbocycles. The van der Waals surface area contributed by atoms with E-state index in [0.717, 1.165) is 0 Å². The van der Waals surface area contributed by atoms with Gasteiger partial charge in [-0.3, -0.25) is 0 Å². The molecule has 7 nitrogen and oxygen atoms in total. The lowest BCUT2D eigenvalue weighted by Gasteiger charge is -2.31. The summed E-state index contributed by atoms with van der Waals surface area (Å²) in [6, 6.07) is 0. The second kappa shape index (κ2) is 4.38. The van der Waals surface area contributed by atoms with Gasteiger partial charge in [0.2, 0.25) is 6.35 Å². The summed E-state index contributed by atoms with van der Waals surface area (Å²) in [5.41, 5.74) is 5.41. The van der Waals surface area contributed by atoms with Crippen molar-refractivity contribution in [2.75, 3.05) is 6.61 Å². The van der Waals surface area contributed by atoms with E-state index >= 15 is 0 Å². The van der Waals surface area contributed by atoms with Gasteiger partial charge in [-0.1, -0.05) is 0 Å². The van der Waals surface area contributed by atoms with E-state index in [2.05, 4.69) is 4.99 Å². The predicted molar refractivity (Wildman–Crippen MR) is 55.0 cm³/mol. The lowest BCUT2D eigenvalue weighted by atomic mass is 10.2. The van der Waals surface area contributed by atoms with Crippen molar-refractivity contribution in [2.24, 2.45) is 10.7 Å². The van der Waals surface area contributed by atoms with Crippen LogP contribution in [-0.2, 0) is 4.74 Å². The van der Waals surface area contributed by atoms with Crippen LogP contribution in [0.2, 0.25) is 0 Å². The molecule has 2 aliphatic rings. The summed E-state index contributed by atoms with van der Waals surface area (Å²) in [7, 11) is 0. The van der Waals surface area contributed by atoms with Gasteiger partial charge < -0.3 is 30.7 Å². The number of hydrogen-bond donors (Lipinski definition) is 4. The molecule has 0 aromatic carbocycles. The molecule has 0 aromatic rings. The third-order valence-corrected chi connectivity index (χ3v) is 2.67. The zero-order valence-corrected chi connectivity index (χ0v) is 8.60. The Morgan fingerprint density at radius 2 is 2.31 bits per heavy atom. The van der Waals surface area contributed by atoms with Gasteiger partial charge in [-0.05, 0) is 6.08 Å². The molecule has 1 fully saturated rings. The van der Waals surface area contributed by atoms with E-state index in [4.69, 9.17) is 15.6 Å². The number of nitrogens with zero attached hydrogens (tertiary/aromatic N) is 2. The van der Waals surface area contributed by atoms with Gasteiger partial charge in [0, 0.05) is 12.6 Å². The van der Waals surface area contributed by atoms with Crippen LogP contribution in [0.3, 0.4) is 0 Å². The van der Waals surface area contributed by atoms with Crippen molar-refractivity contribution in [3.63, 3.8) is 0 Å². The maximum Gasteiger partial charge on any atom is 0.229 e. The van der Waals surface area contributed by atoms with Crippen molar-refractivity contribution in [1.29, 1.82) is 0 Å². The van der Waals surface area contributed by atoms with E-state index in [9.17, 15) is 10.2 Å². The minimum Gasteiger partial charge on any atom is -0.394 e. The summed E-state index contributed by atoms with van der Waals surface area (Å²) in [6.07, 6.45) is 0.434. The van der Waals surface area contributed by atoms with Gasteiger partial charge in [-0.25, -0.2) is 4.99 Å². The summed E-state index contributed by atoms with van der Waals surface area (Å²) in [5, 5.41) is 28.1. The van der Waals surface area contributed by atoms with Crippen molar-refractivity contribution < 1.29 is 20.1 Å². The van der Waals surface area contributed by atoms with E-state index in [-0.39, 0.29) is 12.4 Å². The lowest BCUT2D eigenvalue weighted by molar-refractivity contribution is -0.110. The minimum atomic E-state index is -1.11. The molecule has 7 heteroatoms. The van der Waals surface area contributed by atoms with Crippen molar-refractivity contribution in [2.45, 2.75) is 31.2 Å². The number of hydrogen-bond acceptors (Lipinski definition) is 7. The van der Waals surface area contributed by atoms with Crippen LogP contribution in [-0.4, -0.2) is 57.4 Å². The van der Waals surface area contributed by atoms with Gasteiger partial charge in [0.05, 0.1) is 12.7 Å². The molecule has 1 saturated heterocycles. The molecule has 2 rings (SSSR count). The van der Waals surface area contributed by atoms with Crippen molar-refractivity contribution >= 4 is 5.84 Å². The van der Waals surface area contributed by atoms with Crippen LogP contribution in [0.5, 0.6) is 0 Å². The number of amidine groups is 1. The normalized spacial score (nSPS) is 38.9. The first kappa shape index (κ1) is 11.3. The molecule has 0 spiro atoms. The average molecular weight is 229 g/mol. The Bertz CT molecular complexity index is 320. The van der Waals surface area contributed by atoms with Crippen molar-refractivity contribution in [3.8, 4) is 0 Å². The Kier molecular flexibility index (Phi) is 3.10. The number of aliphatic hydroxyl groups excluding tert-OH is 3. The quantitative estimate of drug-likeness (QED) is 0.432. The molecular formula is C9H15N3O4. The summed E-state index contributed by atoms with van der Waals surface area (Å²) >= 11 is 0. The number of nitrogens with two attached hydrogens (primary N) is 1. The molecular weight excluding hydrogens is 214 g/mol. The van der Waals surface area contributed by atoms with Crippen LogP contribution in [0.1, 0.15) is 6.42 Å². The molecule has 0 bridgehead atoms. The highest BCUT2D eigenvalue weighted by Gasteiger charge is 2.38. The van der Waals surface area contributed by atoms with Crippen LogP contribution >= 0.6 is 0 Å². The Morgan fingerprint density at radius 3 is 2.88 bits per heavy atom. The van der Waals surface area contributed by atoms with Crippen LogP contribution in [0.25, 0.3) is 0 Å². The van der Waals surface area contributed by atoms with Gasteiger partial charge in [0.1, 0.15) is 18.2 Å². The van der Waals surface area contributed by atoms with Gasteiger partial charge in [-0.2, -0.15) is 0 Å². The highest BCUT2D eigenvalue weighted by atomic mass is 16.5. The zero-order valence-electron chi connectivity index (χ0n) is 8.60. The highest BCUT2D eigenvalue weighted by Crippen LogP contribution is 2.25. The molecule has 2 heterocycles. The van der Waals surface area contributed by atoms with E-state index in [1.165, 1.54) is 11.0 Å². The zero-order chi connectivity index (χ0) is 11.7. The van der Waals surface area contributed by atoms with E-state index < -0.39 is 24.8 Å². The van der Waals surface area contributed by atoms with E-state index in [1.807, 2.05) is 0 Å². The number of rotatable bonds is 2. The largest absolute Gasteiger partial charge is 0.394 e. The number of aliphatic imine (C=N–C) groups is 1. The van der Waals surface area contributed by atoms with Crippen LogP contribution in [0.4, 0.5) is 0 Å². The Morgan fingerprint density at radius 1 is 1.56 bits per heavy atom. The monoisotopic (exact) mass is 229 g/mol. The highest BCUT2D eigenvalue weighted by molar-refractivity contribution is 5.91. The fraction of sp³-hybridized carbons (Fsp3) is 0.667. The van der Waals surface area contributed by atoms with E-state index in [1.54, 1.807) is 6.20 Å². The standard InChI is InChI=1S/C9H15N3O4/c10-7-1-2-12(9(15)11-7)8-3-5(14)6(4-13)16-8/h1-2,5-6,8-9,13-15H,3-4H2,(H2,10,11)/t5?,6-,8-,9?/m1/s1. The molecule has 0 radical (unpaired) electrons. The fourth-order valence-corrected chi connectivity index (χ4v) is 1.79. The van der Waals surface area contributed by atoms with Gasteiger partial charge in [0.25, 0.3) is 0 Å². The summed E-state index contributed by atoms with van der Waals surface area (Å²) in [6.45, 7) is -0.253. The third-order valence-electron chi connectivity index (χ3n) is 2.67. The average Bonchev–Trinajstić information content (AvgIpc) is 2.59. The molecule has 0 amide bonds. The number of ether oxygens (including phenoxy) is 1. The predicted octanol–water partition coefficient (Wildman–Crippen LogP) is -2.08. The summed E-state index contributed by atoms with van der Waals surface area (Å²) in [4.78, 5) is 5.19. The first-order valence-corrected chi connectivity index (χ1v) is 5.03. The molecule has 2 aliphatic heterocycles. The van der Waals surface area contributed by atoms with Gasteiger partial charge in [-0.15, -0.1) is 0 Å². The molecule has 90 valence electrons. The molecule has 0 aromatic heterocycles. The topological polar surface area (TPSA) is 112 Å². The summed E-state index contributed by atoms with van der Waals surface area (Å²) < 4.78 is 5.37. The van der Waals surface area contributed by atoms with Gasteiger partial charge in [0.15, 0.2) is 0 Å². The molecule has 4 atom stereocenters. The number of aliphatic hydroxyl groups is 3. The molecule has 5 N–H and O–H groups in total. The van der Waals surface area contributed by atoms with Crippen LogP contribution in [0.15, 0.2) is 17.3 Å². The Hall–Kier alpha value is -1.15. The second-order valence-corrected chi connectivity index (χ2v) is 3.78. The molecule has 16 heavy (non-hydrogen) atoms. The SMILES string of the molecule is NC1=NC(O)N([C@H]2CC(O)[C@@H](CO)O2)C=C1. The van der Waals surface area contributed by atoms with Crippen molar-refractivity contribution in [1.82, 2.24) is 4.90 Å². The molecule has 0 aliphatic carbocycles. The van der Waals surface area contributed by atoms with Crippen LogP contribution < -0.4 is 5.73 Å². The van der Waals surface area contributed by atoms with Gasteiger partial charge >= 0.3 is 0 Å². The summed E-state index contributed by atoms with van der Waals surface area (Å²) in [5.74, 6) is 0.237. The van der Waals surface area contributed by atoms with E-state index in [0.29, 0.717) is 6.42 Å². The van der Waals surface area contributed by atoms with Crippen molar-refractivity contribution in [3.05, 3.63) is 12.3 Å². The maximum absolute atomic E-state index is 9.63. The Labute approximate surface area is 92.4 Å². The first-order chi connectivity index (χ1) is 7.61. The Balaban J connectivity index is 2.03. The lowest BCUT2D eigenvalue weighted by Crippen LogP contribution is -2.41. The smallest absolute Gasteiger partial charge is 0.229 e. The second-order valence-electron chi connectivity index (χ2n) is 3.78. The first-order valence-electron chi connectivity index (χ1n) is 5.03. The third kappa shape index (κ3) is 2.03. The minimum absolute atomic E-state index is 0.237. The fourth-order valence-electron chi connectivity index (χ4n) is 1.79.